The second-order valence-electron chi connectivity index (χ2n) is 7.75. The molecule has 9 heteroatoms. The molecule has 1 aromatic heterocycles. The molecule has 1 heterocycles. The molecule has 1 atom stereocenters. The molecule has 5 nitrogen and oxygen atoms in total. The van der Waals surface area contributed by atoms with Crippen LogP contribution in [0.15, 0.2) is 71.6 Å². The van der Waals surface area contributed by atoms with Crippen LogP contribution < -0.4 is 4.74 Å². The number of thioether (sulfide) groups is 1. The molecule has 0 fully saturated rings. The predicted molar refractivity (Wildman–Crippen MR) is 129 cm³/mol. The monoisotopic (exact) mass is 500 g/mol. The average Bonchev–Trinajstić information content (AvgIpc) is 3.28. The number of carbonyl (C=O) groups excluding carboxylic acids is 1. The highest BCUT2D eigenvalue weighted by Gasteiger charge is 2.30. The summed E-state index contributed by atoms with van der Waals surface area (Å²) in [6, 6.07) is 18.2. The lowest BCUT2D eigenvalue weighted by Crippen LogP contribution is -2.25. The largest absolute Gasteiger partial charge is 0.479 e. The number of esters is 1. The highest BCUT2D eigenvalue weighted by Crippen LogP contribution is 2.32. The molecule has 35 heavy (non-hydrogen) atoms. The van der Waals surface area contributed by atoms with Crippen LogP contribution >= 0.6 is 11.8 Å². The van der Waals surface area contributed by atoms with Gasteiger partial charge < -0.3 is 14.5 Å². The third kappa shape index (κ3) is 5.97. The Balaban J connectivity index is 1.44. The van der Waals surface area contributed by atoms with Gasteiger partial charge in [0.05, 0.1) is 23.2 Å². The second kappa shape index (κ2) is 10.4. The van der Waals surface area contributed by atoms with E-state index in [-0.39, 0.29) is 0 Å². The zero-order chi connectivity index (χ0) is 25.0. The maximum absolute atomic E-state index is 12.9. The molecule has 4 rings (SSSR count). The fourth-order valence-corrected chi connectivity index (χ4v) is 4.33. The number of nitrogens with zero attached hydrogens (tertiary/aromatic N) is 1. The Morgan fingerprint density at radius 1 is 1.06 bits per heavy atom. The number of imidazole rings is 1. The van der Waals surface area contributed by atoms with Crippen LogP contribution in [0.3, 0.4) is 0 Å². The Kier molecular flexibility index (Phi) is 7.35. The van der Waals surface area contributed by atoms with Crippen LogP contribution in [-0.2, 0) is 21.5 Å². The van der Waals surface area contributed by atoms with Gasteiger partial charge >= 0.3 is 12.1 Å². The second-order valence-corrected chi connectivity index (χ2v) is 8.79. The fraction of sp³-hybridized carbons (Fsp3) is 0.231. The molecule has 0 aliphatic heterocycles. The average molecular weight is 501 g/mol. The normalized spacial score (nSPS) is 12.5. The number of ether oxygens (including phenoxy) is 2. The van der Waals surface area contributed by atoms with Crippen molar-refractivity contribution in [3.63, 3.8) is 0 Å². The summed E-state index contributed by atoms with van der Waals surface area (Å²) in [4.78, 5) is 20.6. The maximum atomic E-state index is 12.9. The number of aromatic nitrogens is 2. The minimum atomic E-state index is -4.37. The molecular formula is C26H23F3N2O3S. The van der Waals surface area contributed by atoms with Gasteiger partial charge in [-0.1, -0.05) is 24.3 Å². The smallest absolute Gasteiger partial charge is 0.416 e. The zero-order valence-corrected chi connectivity index (χ0v) is 19.9. The molecule has 0 bridgehead atoms. The number of aromatic amines is 1. The summed E-state index contributed by atoms with van der Waals surface area (Å²) in [6.07, 6.45) is -5.06. The van der Waals surface area contributed by atoms with E-state index in [0.717, 1.165) is 33.6 Å². The molecule has 1 unspecified atom stereocenters. The number of carbonyl (C=O) groups is 1. The number of hydrogen-bond donors (Lipinski definition) is 1. The summed E-state index contributed by atoms with van der Waals surface area (Å²) in [7, 11) is 0. The summed E-state index contributed by atoms with van der Waals surface area (Å²) in [5, 5.41) is 0. The topological polar surface area (TPSA) is 64.2 Å². The number of halogens is 3. The molecule has 182 valence electrons. The summed E-state index contributed by atoms with van der Waals surface area (Å²) in [6.45, 7) is 3.69. The molecule has 1 N–H and O–H groups in total. The molecule has 3 aromatic carbocycles. The van der Waals surface area contributed by atoms with Gasteiger partial charge in [0.25, 0.3) is 0 Å². The van der Waals surface area contributed by atoms with E-state index in [2.05, 4.69) is 9.97 Å². The Bertz CT molecular complexity index is 1300. The minimum Gasteiger partial charge on any atom is -0.479 e. The number of alkyl halides is 3. The summed E-state index contributed by atoms with van der Waals surface area (Å²) in [5.74, 6) is 1.33. The standard InChI is InChI=1S/C26H23F3N2O3S/c1-3-33-25(32)16(2)34-20-11-13-21(14-12-20)35-15-18-5-4-6-22-23(18)31-24(30-22)17-7-9-19(10-8-17)26(27,28)29/h4-14,16H,3,15H2,1-2H3,(H,30,31). The number of para-hydroxylation sites is 1. The lowest BCUT2D eigenvalue weighted by Gasteiger charge is -2.13. The van der Waals surface area contributed by atoms with E-state index < -0.39 is 23.8 Å². The van der Waals surface area contributed by atoms with Crippen molar-refractivity contribution in [2.75, 3.05) is 6.61 Å². The predicted octanol–water partition coefficient (Wildman–Crippen LogP) is 6.87. The molecule has 4 aromatic rings. The van der Waals surface area contributed by atoms with Crippen LogP contribution in [0.2, 0.25) is 0 Å². The summed E-state index contributed by atoms with van der Waals surface area (Å²) < 4.78 is 49.1. The number of H-pyrrole nitrogens is 1. The molecular weight excluding hydrogens is 477 g/mol. The Morgan fingerprint density at radius 3 is 2.43 bits per heavy atom. The molecule has 0 saturated carbocycles. The number of hydrogen-bond acceptors (Lipinski definition) is 5. The molecule has 0 radical (unpaired) electrons. The molecule has 0 aliphatic carbocycles. The fourth-order valence-electron chi connectivity index (χ4n) is 3.45. The molecule has 0 amide bonds. The van der Waals surface area contributed by atoms with E-state index in [9.17, 15) is 18.0 Å². The first-order valence-electron chi connectivity index (χ1n) is 11.0. The van der Waals surface area contributed by atoms with Crippen molar-refractivity contribution < 1.29 is 27.4 Å². The van der Waals surface area contributed by atoms with Crippen molar-refractivity contribution in [3.05, 3.63) is 77.9 Å². The van der Waals surface area contributed by atoms with E-state index in [1.807, 2.05) is 30.3 Å². The molecule has 0 saturated heterocycles. The van der Waals surface area contributed by atoms with Crippen molar-refractivity contribution in [2.45, 2.75) is 36.8 Å². The van der Waals surface area contributed by atoms with Crippen LogP contribution in [0.25, 0.3) is 22.4 Å². The van der Waals surface area contributed by atoms with E-state index in [0.29, 0.717) is 29.5 Å². The Hall–Kier alpha value is -3.46. The number of benzene rings is 3. The van der Waals surface area contributed by atoms with Crippen molar-refractivity contribution >= 4 is 28.8 Å². The van der Waals surface area contributed by atoms with Gasteiger partial charge in [0, 0.05) is 16.2 Å². The lowest BCUT2D eigenvalue weighted by atomic mass is 10.1. The van der Waals surface area contributed by atoms with Crippen LogP contribution in [0, 0.1) is 0 Å². The van der Waals surface area contributed by atoms with Gasteiger partial charge in [-0.25, -0.2) is 9.78 Å². The van der Waals surface area contributed by atoms with E-state index >= 15 is 0 Å². The Morgan fingerprint density at radius 2 is 1.77 bits per heavy atom. The van der Waals surface area contributed by atoms with Gasteiger partial charge in [-0.2, -0.15) is 13.2 Å². The van der Waals surface area contributed by atoms with Crippen molar-refractivity contribution in [3.8, 4) is 17.1 Å². The SMILES string of the molecule is CCOC(=O)C(C)Oc1ccc(SCc2cccc3[nH]c(-c4ccc(C(F)(F)F)cc4)nc23)cc1. The third-order valence-corrected chi connectivity index (χ3v) is 6.29. The first-order valence-corrected chi connectivity index (χ1v) is 11.9. The zero-order valence-electron chi connectivity index (χ0n) is 19.1. The molecule has 0 aliphatic rings. The van der Waals surface area contributed by atoms with Crippen LogP contribution in [0.1, 0.15) is 25.0 Å². The lowest BCUT2D eigenvalue weighted by molar-refractivity contribution is -0.150. The summed E-state index contributed by atoms with van der Waals surface area (Å²) in [5.41, 5.74) is 2.48. The Labute approximate surface area is 204 Å². The third-order valence-electron chi connectivity index (χ3n) is 5.23. The summed E-state index contributed by atoms with van der Waals surface area (Å²) >= 11 is 1.61. The number of rotatable bonds is 8. The highest BCUT2D eigenvalue weighted by atomic mass is 32.2. The van der Waals surface area contributed by atoms with Gasteiger partial charge in [0.2, 0.25) is 0 Å². The van der Waals surface area contributed by atoms with Gasteiger partial charge in [0.15, 0.2) is 6.10 Å². The first kappa shape index (κ1) is 24.7. The van der Waals surface area contributed by atoms with Crippen LogP contribution in [0.4, 0.5) is 13.2 Å². The highest BCUT2D eigenvalue weighted by molar-refractivity contribution is 7.98. The van der Waals surface area contributed by atoms with Gasteiger partial charge in [-0.05, 0) is 61.9 Å². The van der Waals surface area contributed by atoms with Crippen molar-refractivity contribution in [1.29, 1.82) is 0 Å². The van der Waals surface area contributed by atoms with Gasteiger partial charge in [-0.15, -0.1) is 11.8 Å². The maximum Gasteiger partial charge on any atom is 0.416 e. The quantitative estimate of drug-likeness (QED) is 0.211. The van der Waals surface area contributed by atoms with E-state index in [4.69, 9.17) is 9.47 Å². The van der Waals surface area contributed by atoms with Crippen LogP contribution in [-0.4, -0.2) is 28.6 Å². The first-order chi connectivity index (χ1) is 16.7. The minimum absolute atomic E-state index is 0.302. The van der Waals surface area contributed by atoms with Gasteiger partial charge in [-0.3, -0.25) is 0 Å². The van der Waals surface area contributed by atoms with Crippen LogP contribution in [0.5, 0.6) is 5.75 Å². The van der Waals surface area contributed by atoms with Gasteiger partial charge in [0.1, 0.15) is 11.6 Å². The number of fused-ring (bicyclic) bond motifs is 1. The van der Waals surface area contributed by atoms with Crippen molar-refractivity contribution in [2.24, 2.45) is 0 Å². The van der Waals surface area contributed by atoms with Crippen molar-refractivity contribution in [1.82, 2.24) is 9.97 Å². The van der Waals surface area contributed by atoms with E-state index in [1.54, 1.807) is 37.7 Å². The number of nitrogens with one attached hydrogen (secondary N) is 1. The molecule has 0 spiro atoms. The van der Waals surface area contributed by atoms with E-state index in [1.165, 1.54) is 12.1 Å².